The minimum absolute atomic E-state index is 0.135. The molecule has 0 amide bonds. The summed E-state index contributed by atoms with van der Waals surface area (Å²) in [6.45, 7) is 10.6. The standard InChI is InChI=1S/C25H40O2/c1-6-7-8-9-10-11-12-13-14-15-17-25(5)18-16-22-21(4)23(26)19(2)20(3)24(22)27-25/h14-15,26H,6-13,16-18H2,1-5H3/t25-/m1/s1. The summed E-state index contributed by atoms with van der Waals surface area (Å²) in [6.07, 6.45) is 18.4. The largest absolute Gasteiger partial charge is 0.507 e. The first kappa shape index (κ1) is 21.9. The lowest BCUT2D eigenvalue weighted by Crippen LogP contribution is -2.36. The van der Waals surface area contributed by atoms with Crippen LogP contribution in [0.5, 0.6) is 11.5 Å². The lowest BCUT2D eigenvalue weighted by Gasteiger charge is -2.37. The third-order valence-electron chi connectivity index (χ3n) is 6.28. The number of rotatable bonds is 10. The highest BCUT2D eigenvalue weighted by Crippen LogP contribution is 2.44. The van der Waals surface area contributed by atoms with Crippen LogP contribution in [0.3, 0.4) is 0 Å². The number of fused-ring (bicyclic) bond motifs is 1. The van der Waals surface area contributed by atoms with Crippen molar-refractivity contribution >= 4 is 0 Å². The van der Waals surface area contributed by atoms with Crippen LogP contribution in [0.2, 0.25) is 0 Å². The van der Waals surface area contributed by atoms with Gasteiger partial charge in [-0.3, -0.25) is 0 Å². The molecule has 0 bridgehead atoms. The van der Waals surface area contributed by atoms with E-state index in [1.54, 1.807) is 0 Å². The van der Waals surface area contributed by atoms with E-state index in [-0.39, 0.29) is 5.60 Å². The molecule has 1 N–H and O–H groups in total. The lowest BCUT2D eigenvalue weighted by molar-refractivity contribution is 0.0666. The van der Waals surface area contributed by atoms with Gasteiger partial charge in [-0.05, 0) is 70.1 Å². The topological polar surface area (TPSA) is 29.5 Å². The van der Waals surface area contributed by atoms with Gasteiger partial charge in [-0.15, -0.1) is 0 Å². The van der Waals surface area contributed by atoms with Gasteiger partial charge in [0.15, 0.2) is 0 Å². The van der Waals surface area contributed by atoms with Gasteiger partial charge in [-0.25, -0.2) is 0 Å². The number of phenols is 1. The Morgan fingerprint density at radius 3 is 2.30 bits per heavy atom. The molecular formula is C25H40O2. The van der Waals surface area contributed by atoms with Crippen molar-refractivity contribution in [2.45, 2.75) is 111 Å². The third-order valence-corrected chi connectivity index (χ3v) is 6.28. The molecule has 0 aliphatic carbocycles. The quantitative estimate of drug-likeness (QED) is 0.340. The van der Waals surface area contributed by atoms with Crippen molar-refractivity contribution < 1.29 is 9.84 Å². The Labute approximate surface area is 167 Å². The fourth-order valence-electron chi connectivity index (χ4n) is 4.11. The van der Waals surface area contributed by atoms with E-state index in [0.717, 1.165) is 41.7 Å². The number of hydrogen-bond acceptors (Lipinski definition) is 2. The third kappa shape index (κ3) is 5.77. The number of allylic oxidation sites excluding steroid dienone is 1. The first-order chi connectivity index (χ1) is 12.9. The van der Waals surface area contributed by atoms with Crippen LogP contribution in [0.25, 0.3) is 0 Å². The molecule has 0 spiro atoms. The molecule has 2 heteroatoms. The Balaban J connectivity index is 1.82. The van der Waals surface area contributed by atoms with Gasteiger partial charge < -0.3 is 9.84 Å². The van der Waals surface area contributed by atoms with Crippen LogP contribution >= 0.6 is 0 Å². The number of benzene rings is 1. The molecule has 1 heterocycles. The van der Waals surface area contributed by atoms with Gasteiger partial charge in [0.05, 0.1) is 0 Å². The monoisotopic (exact) mass is 372 g/mol. The summed E-state index contributed by atoms with van der Waals surface area (Å²) in [5.41, 5.74) is 4.09. The van der Waals surface area contributed by atoms with Crippen molar-refractivity contribution in [2.75, 3.05) is 0 Å². The van der Waals surface area contributed by atoms with Crippen molar-refractivity contribution in [1.29, 1.82) is 0 Å². The summed E-state index contributed by atoms with van der Waals surface area (Å²) in [5.74, 6) is 1.45. The molecule has 0 aromatic heterocycles. The predicted molar refractivity (Wildman–Crippen MR) is 116 cm³/mol. The minimum Gasteiger partial charge on any atom is -0.507 e. The van der Waals surface area contributed by atoms with Crippen molar-refractivity contribution in [3.63, 3.8) is 0 Å². The first-order valence-electron chi connectivity index (χ1n) is 11.0. The predicted octanol–water partition coefficient (Wildman–Crippen LogP) is 7.49. The summed E-state index contributed by atoms with van der Waals surface area (Å²) in [4.78, 5) is 0. The normalized spacial score (nSPS) is 19.3. The highest BCUT2D eigenvalue weighted by molar-refractivity contribution is 5.58. The maximum absolute atomic E-state index is 10.3. The van der Waals surface area contributed by atoms with Crippen molar-refractivity contribution in [1.82, 2.24) is 0 Å². The highest BCUT2D eigenvalue weighted by Gasteiger charge is 2.33. The number of ether oxygens (including phenoxy) is 1. The van der Waals surface area contributed by atoms with Crippen molar-refractivity contribution in [2.24, 2.45) is 0 Å². The molecule has 0 saturated carbocycles. The zero-order chi connectivity index (χ0) is 19.9. The summed E-state index contributed by atoms with van der Waals surface area (Å²) in [5, 5.41) is 10.3. The lowest BCUT2D eigenvalue weighted by atomic mass is 9.85. The van der Waals surface area contributed by atoms with Gasteiger partial charge in [-0.2, -0.15) is 0 Å². The Morgan fingerprint density at radius 2 is 1.59 bits per heavy atom. The number of aromatic hydroxyl groups is 1. The summed E-state index contributed by atoms with van der Waals surface area (Å²) in [7, 11) is 0. The van der Waals surface area contributed by atoms with Crippen LogP contribution in [0, 0.1) is 20.8 Å². The van der Waals surface area contributed by atoms with E-state index in [2.05, 4.69) is 32.9 Å². The molecule has 27 heavy (non-hydrogen) atoms. The molecule has 0 unspecified atom stereocenters. The number of unbranched alkanes of at least 4 members (excludes halogenated alkanes) is 7. The fraction of sp³-hybridized carbons (Fsp3) is 0.680. The molecule has 0 fully saturated rings. The van der Waals surface area contributed by atoms with E-state index in [9.17, 15) is 5.11 Å². The SMILES string of the molecule is CCCCCCCCCC=CC[C@]1(C)CCc2c(C)c(O)c(C)c(C)c2O1. The molecule has 1 aromatic rings. The second-order valence-electron chi connectivity index (χ2n) is 8.67. The van der Waals surface area contributed by atoms with Crippen LogP contribution in [-0.2, 0) is 6.42 Å². The molecule has 2 nitrogen and oxygen atoms in total. The first-order valence-corrected chi connectivity index (χ1v) is 11.0. The zero-order valence-corrected chi connectivity index (χ0v) is 18.3. The minimum atomic E-state index is -0.135. The second kappa shape index (κ2) is 10.2. The van der Waals surface area contributed by atoms with Gasteiger partial charge in [0, 0.05) is 12.0 Å². The zero-order valence-electron chi connectivity index (χ0n) is 18.3. The van der Waals surface area contributed by atoms with Crippen molar-refractivity contribution in [3.05, 3.63) is 34.4 Å². The molecule has 0 saturated heterocycles. The van der Waals surface area contributed by atoms with E-state index in [1.165, 1.54) is 56.9 Å². The van der Waals surface area contributed by atoms with E-state index in [0.29, 0.717) is 5.75 Å². The van der Waals surface area contributed by atoms with Crippen LogP contribution in [0.4, 0.5) is 0 Å². The molecule has 1 aliphatic heterocycles. The van der Waals surface area contributed by atoms with Gasteiger partial charge >= 0.3 is 0 Å². The van der Waals surface area contributed by atoms with Crippen molar-refractivity contribution in [3.8, 4) is 11.5 Å². The molecule has 1 atom stereocenters. The fourth-order valence-corrected chi connectivity index (χ4v) is 4.11. The highest BCUT2D eigenvalue weighted by atomic mass is 16.5. The Kier molecular flexibility index (Phi) is 8.26. The van der Waals surface area contributed by atoms with E-state index in [4.69, 9.17) is 4.74 Å². The summed E-state index contributed by atoms with van der Waals surface area (Å²) >= 11 is 0. The van der Waals surface area contributed by atoms with E-state index < -0.39 is 0 Å². The molecule has 2 rings (SSSR count). The molecular weight excluding hydrogens is 332 g/mol. The van der Waals surface area contributed by atoms with E-state index >= 15 is 0 Å². The molecule has 152 valence electrons. The molecule has 1 aromatic carbocycles. The smallest absolute Gasteiger partial charge is 0.127 e. The van der Waals surface area contributed by atoms with Gasteiger partial charge in [-0.1, -0.05) is 57.6 Å². The summed E-state index contributed by atoms with van der Waals surface area (Å²) in [6, 6.07) is 0. The maximum atomic E-state index is 10.3. The van der Waals surface area contributed by atoms with Crippen LogP contribution in [0.15, 0.2) is 12.2 Å². The van der Waals surface area contributed by atoms with Crippen LogP contribution in [-0.4, -0.2) is 10.7 Å². The molecule has 1 aliphatic rings. The van der Waals surface area contributed by atoms with Gasteiger partial charge in [0.2, 0.25) is 0 Å². The second-order valence-corrected chi connectivity index (χ2v) is 8.67. The van der Waals surface area contributed by atoms with Gasteiger partial charge in [0.25, 0.3) is 0 Å². The Bertz CT molecular complexity index is 644. The van der Waals surface area contributed by atoms with Crippen LogP contribution < -0.4 is 4.74 Å². The number of phenolic OH excluding ortho intramolecular Hbond substituents is 1. The number of hydrogen-bond donors (Lipinski definition) is 1. The average molecular weight is 373 g/mol. The van der Waals surface area contributed by atoms with Crippen LogP contribution in [0.1, 0.15) is 100 Å². The average Bonchev–Trinajstić information content (AvgIpc) is 2.66. The maximum Gasteiger partial charge on any atom is 0.127 e. The van der Waals surface area contributed by atoms with E-state index in [1.807, 2.05) is 13.8 Å². The molecule has 0 radical (unpaired) electrons. The Morgan fingerprint density at radius 1 is 0.926 bits per heavy atom. The Hall–Kier alpha value is -1.44. The van der Waals surface area contributed by atoms with Gasteiger partial charge in [0.1, 0.15) is 17.1 Å². The summed E-state index contributed by atoms with van der Waals surface area (Å²) < 4.78 is 6.49.